The minimum absolute atomic E-state index is 0.245. The molecule has 0 heterocycles. The summed E-state index contributed by atoms with van der Waals surface area (Å²) in [6, 6.07) is 0. The Kier molecular flexibility index (Phi) is 4.44. The topological polar surface area (TPSA) is 46.3 Å². The molecular weight excluding hydrogens is 180 g/mol. The number of nitrogens with zero attached hydrogens (tertiary/aromatic N) is 1. The van der Waals surface area contributed by atoms with E-state index in [1.54, 1.807) is 11.8 Å². The van der Waals surface area contributed by atoms with E-state index in [1.165, 1.54) is 11.8 Å². The highest BCUT2D eigenvalue weighted by molar-refractivity contribution is 8.23. The van der Waals surface area contributed by atoms with Gasteiger partial charge in [-0.25, -0.2) is 0 Å². The second-order valence-corrected chi connectivity index (χ2v) is 4.30. The molecule has 0 aromatic carbocycles. The number of hydrogen-bond donors (Lipinski definition) is 1. The molecule has 0 radical (unpaired) electrons. The zero-order valence-corrected chi connectivity index (χ0v) is 8.46. The Bertz CT molecular complexity index is 170. The smallest absolute Gasteiger partial charge is 0.230 e. The second kappa shape index (κ2) is 4.56. The van der Waals surface area contributed by atoms with Gasteiger partial charge >= 0.3 is 0 Å². The molecule has 3 nitrogen and oxygen atoms in total. The average Bonchev–Trinajstić information content (AvgIpc) is 1.87. The number of nitrogens with two attached hydrogens (primary N) is 1. The molecule has 64 valence electrons. The van der Waals surface area contributed by atoms with Crippen molar-refractivity contribution in [2.75, 3.05) is 14.1 Å². The van der Waals surface area contributed by atoms with Gasteiger partial charge in [-0.15, -0.1) is 0 Å². The fraction of sp³-hybridized carbons (Fsp3) is 0.667. The normalized spacial score (nSPS) is 12.3. The molecule has 0 fully saturated rings. The third-order valence-electron chi connectivity index (χ3n) is 1.04. The maximum absolute atomic E-state index is 10.6. The maximum atomic E-state index is 10.6. The fourth-order valence-corrected chi connectivity index (χ4v) is 1.38. The lowest BCUT2D eigenvalue weighted by Crippen LogP contribution is -2.27. The average molecular weight is 192 g/mol. The van der Waals surface area contributed by atoms with Crippen LogP contribution in [0.4, 0.5) is 0 Å². The van der Waals surface area contributed by atoms with Crippen LogP contribution in [0.1, 0.15) is 6.92 Å². The van der Waals surface area contributed by atoms with Crippen LogP contribution in [-0.4, -0.2) is 34.5 Å². The van der Waals surface area contributed by atoms with Crippen LogP contribution in [-0.2, 0) is 4.79 Å². The summed E-state index contributed by atoms with van der Waals surface area (Å²) in [6.07, 6.45) is 0. The molecule has 0 bridgehead atoms. The summed E-state index contributed by atoms with van der Waals surface area (Å²) < 4.78 is 0.677. The first-order chi connectivity index (χ1) is 4.95. The number of rotatable bonds is 2. The molecule has 0 saturated heterocycles. The maximum Gasteiger partial charge on any atom is 0.230 e. The Hall–Kier alpha value is -0.290. The van der Waals surface area contributed by atoms with Crippen LogP contribution in [0, 0.1) is 0 Å². The van der Waals surface area contributed by atoms with Crippen molar-refractivity contribution in [3.63, 3.8) is 0 Å². The lowest BCUT2D eigenvalue weighted by molar-refractivity contribution is -0.117. The quantitative estimate of drug-likeness (QED) is 0.645. The van der Waals surface area contributed by atoms with Crippen molar-refractivity contribution in [2.45, 2.75) is 12.2 Å². The SMILES string of the molecule is CC(SC(=S)N(C)C)C(N)=O. The molecule has 11 heavy (non-hydrogen) atoms. The Labute approximate surface area is 76.3 Å². The molecule has 0 aromatic heterocycles. The highest BCUT2D eigenvalue weighted by Crippen LogP contribution is 2.13. The summed E-state index contributed by atoms with van der Waals surface area (Å²) >= 11 is 6.25. The summed E-state index contributed by atoms with van der Waals surface area (Å²) in [5.41, 5.74) is 5.05. The van der Waals surface area contributed by atoms with Crippen LogP contribution in [0.3, 0.4) is 0 Å². The van der Waals surface area contributed by atoms with E-state index in [0.29, 0.717) is 4.32 Å². The molecule has 0 saturated carbocycles. The standard InChI is InChI=1S/C6H12N2OS2/c1-4(5(7)9)11-6(10)8(2)3/h4H,1-3H3,(H2,7,9). The molecule has 2 N–H and O–H groups in total. The van der Waals surface area contributed by atoms with Crippen molar-refractivity contribution in [1.82, 2.24) is 4.90 Å². The van der Waals surface area contributed by atoms with Gasteiger partial charge in [0.2, 0.25) is 5.91 Å². The van der Waals surface area contributed by atoms with Crippen molar-refractivity contribution < 1.29 is 4.79 Å². The second-order valence-electron chi connectivity index (χ2n) is 2.32. The molecule has 0 aliphatic carbocycles. The first kappa shape index (κ1) is 10.7. The molecule has 0 aromatic rings. The van der Waals surface area contributed by atoms with Gasteiger partial charge in [0.05, 0.1) is 5.25 Å². The van der Waals surface area contributed by atoms with Gasteiger partial charge in [-0.05, 0) is 6.92 Å². The molecule has 0 aliphatic rings. The van der Waals surface area contributed by atoms with Gasteiger partial charge in [-0.2, -0.15) is 0 Å². The van der Waals surface area contributed by atoms with E-state index < -0.39 is 0 Å². The predicted octanol–water partition coefficient (Wildman–Crippen LogP) is 0.440. The molecule has 1 amide bonds. The summed E-state index contributed by atoms with van der Waals surface area (Å²) in [5, 5.41) is -0.245. The first-order valence-electron chi connectivity index (χ1n) is 3.12. The van der Waals surface area contributed by atoms with E-state index >= 15 is 0 Å². The molecule has 0 rings (SSSR count). The summed E-state index contributed by atoms with van der Waals surface area (Å²) in [4.78, 5) is 12.4. The molecule has 0 aliphatic heterocycles. The van der Waals surface area contributed by atoms with Crippen LogP contribution >= 0.6 is 24.0 Å². The van der Waals surface area contributed by atoms with Crippen LogP contribution in [0.2, 0.25) is 0 Å². The van der Waals surface area contributed by atoms with Gasteiger partial charge in [0.15, 0.2) is 0 Å². The number of thioether (sulfide) groups is 1. The summed E-state index contributed by atoms with van der Waals surface area (Å²) in [5.74, 6) is -0.334. The molecule has 1 atom stereocenters. The Morgan fingerprint density at radius 2 is 2.09 bits per heavy atom. The molecule has 5 heteroatoms. The van der Waals surface area contributed by atoms with Gasteiger partial charge < -0.3 is 10.6 Å². The number of thiocarbonyl (C=S) groups is 1. The summed E-state index contributed by atoms with van der Waals surface area (Å²) in [6.45, 7) is 1.74. The lowest BCUT2D eigenvalue weighted by Gasteiger charge is -2.14. The van der Waals surface area contributed by atoms with Crippen molar-refractivity contribution in [3.05, 3.63) is 0 Å². The Balaban J connectivity index is 3.85. The van der Waals surface area contributed by atoms with E-state index in [9.17, 15) is 4.79 Å². The molecule has 1 unspecified atom stereocenters. The predicted molar refractivity (Wildman–Crippen MR) is 52.5 cm³/mol. The lowest BCUT2D eigenvalue weighted by atomic mass is 10.5. The van der Waals surface area contributed by atoms with Crippen molar-refractivity contribution in [3.8, 4) is 0 Å². The van der Waals surface area contributed by atoms with Gasteiger partial charge in [0.1, 0.15) is 4.32 Å². The van der Waals surface area contributed by atoms with Crippen molar-refractivity contribution in [1.29, 1.82) is 0 Å². The first-order valence-corrected chi connectivity index (χ1v) is 4.41. The van der Waals surface area contributed by atoms with E-state index in [0.717, 1.165) is 0 Å². The molecule has 0 spiro atoms. The van der Waals surface area contributed by atoms with E-state index in [4.69, 9.17) is 18.0 Å². The van der Waals surface area contributed by atoms with Gasteiger partial charge in [-0.3, -0.25) is 4.79 Å². The fourth-order valence-electron chi connectivity index (χ4n) is 0.315. The Morgan fingerprint density at radius 3 is 2.36 bits per heavy atom. The third-order valence-corrected chi connectivity index (χ3v) is 2.85. The number of carbonyl (C=O) groups is 1. The number of hydrogen-bond acceptors (Lipinski definition) is 3. The van der Waals surface area contributed by atoms with Crippen molar-refractivity contribution >= 4 is 34.2 Å². The monoisotopic (exact) mass is 192 g/mol. The van der Waals surface area contributed by atoms with Crippen molar-refractivity contribution in [2.24, 2.45) is 5.73 Å². The largest absolute Gasteiger partial charge is 0.369 e. The van der Waals surface area contributed by atoms with E-state index in [1.807, 2.05) is 14.1 Å². The number of primary amides is 1. The Morgan fingerprint density at radius 1 is 1.64 bits per heavy atom. The number of amides is 1. The van der Waals surface area contributed by atoms with Crippen LogP contribution in [0.5, 0.6) is 0 Å². The zero-order valence-electron chi connectivity index (χ0n) is 6.83. The third kappa shape index (κ3) is 4.21. The minimum atomic E-state index is -0.334. The molecular formula is C6H12N2OS2. The van der Waals surface area contributed by atoms with E-state index in [2.05, 4.69) is 0 Å². The highest BCUT2D eigenvalue weighted by Gasteiger charge is 2.12. The highest BCUT2D eigenvalue weighted by atomic mass is 32.2. The summed E-state index contributed by atoms with van der Waals surface area (Å²) in [7, 11) is 3.67. The van der Waals surface area contributed by atoms with Crippen LogP contribution in [0.15, 0.2) is 0 Å². The van der Waals surface area contributed by atoms with Gasteiger partial charge in [0, 0.05) is 14.1 Å². The van der Waals surface area contributed by atoms with Gasteiger partial charge in [0.25, 0.3) is 0 Å². The van der Waals surface area contributed by atoms with Crippen LogP contribution < -0.4 is 5.73 Å². The number of carbonyl (C=O) groups excluding carboxylic acids is 1. The van der Waals surface area contributed by atoms with Crippen LogP contribution in [0.25, 0.3) is 0 Å². The van der Waals surface area contributed by atoms with Gasteiger partial charge in [-0.1, -0.05) is 24.0 Å². The zero-order chi connectivity index (χ0) is 9.02. The minimum Gasteiger partial charge on any atom is -0.369 e. The van der Waals surface area contributed by atoms with E-state index in [-0.39, 0.29) is 11.2 Å².